The number of hydrogen-bond acceptors (Lipinski definition) is 6. The number of aromatic carboxylic acids is 1. The molecule has 2 aromatic heterocycles. The van der Waals surface area contributed by atoms with Crippen molar-refractivity contribution < 1.29 is 14.7 Å². The van der Waals surface area contributed by atoms with Gasteiger partial charge in [0.15, 0.2) is 10.3 Å². The Bertz CT molecular complexity index is 704. The molecule has 104 valence electrons. The zero-order valence-electron chi connectivity index (χ0n) is 9.85. The molecule has 0 unspecified atom stereocenters. The second kappa shape index (κ2) is 5.70. The first-order valence-corrected chi connectivity index (χ1v) is 6.62. The number of carbonyl (C=O) groups excluding carboxylic acids is 1. The fraction of sp³-hybridized carbons (Fsp3) is 0.100. The van der Waals surface area contributed by atoms with E-state index in [0.717, 1.165) is 11.5 Å². The first kappa shape index (κ1) is 14.6. The van der Waals surface area contributed by atoms with Gasteiger partial charge in [0.2, 0.25) is 0 Å². The molecule has 7 nitrogen and oxygen atoms in total. The molecular weight excluding hydrogens is 327 g/mol. The summed E-state index contributed by atoms with van der Waals surface area (Å²) in [6.07, 6.45) is 0. The van der Waals surface area contributed by atoms with Crippen molar-refractivity contribution in [2.75, 3.05) is 5.32 Å². The SMILES string of the molecule is Cc1nsc(NC(=O)c2cc(Cl)nnc2Cl)c1C(=O)O. The van der Waals surface area contributed by atoms with E-state index in [1.165, 1.54) is 13.0 Å². The normalized spacial score (nSPS) is 10.3. The topological polar surface area (TPSA) is 105 Å². The fourth-order valence-corrected chi connectivity index (χ4v) is 2.50. The van der Waals surface area contributed by atoms with Crippen LogP contribution in [0, 0.1) is 6.92 Å². The van der Waals surface area contributed by atoms with Crippen LogP contribution in [0.25, 0.3) is 0 Å². The molecule has 0 aliphatic rings. The monoisotopic (exact) mass is 332 g/mol. The summed E-state index contributed by atoms with van der Waals surface area (Å²) < 4.78 is 3.88. The Morgan fingerprint density at radius 2 is 2.05 bits per heavy atom. The van der Waals surface area contributed by atoms with Gasteiger partial charge in [-0.2, -0.15) is 4.37 Å². The molecule has 10 heteroatoms. The Kier molecular flexibility index (Phi) is 4.17. The number of aromatic nitrogens is 3. The summed E-state index contributed by atoms with van der Waals surface area (Å²) in [7, 11) is 0. The lowest BCUT2D eigenvalue weighted by Gasteiger charge is -2.05. The van der Waals surface area contributed by atoms with Crippen molar-refractivity contribution in [3.8, 4) is 0 Å². The highest BCUT2D eigenvalue weighted by atomic mass is 35.5. The predicted octanol–water partition coefficient (Wildman–Crippen LogP) is 2.50. The Balaban J connectivity index is 2.33. The van der Waals surface area contributed by atoms with E-state index in [-0.39, 0.29) is 26.4 Å². The summed E-state index contributed by atoms with van der Waals surface area (Å²) in [5.74, 6) is -1.82. The molecule has 0 aliphatic heterocycles. The van der Waals surface area contributed by atoms with Crippen LogP contribution in [-0.2, 0) is 0 Å². The lowest BCUT2D eigenvalue weighted by Crippen LogP contribution is -2.15. The number of nitrogens with zero attached hydrogens (tertiary/aromatic N) is 3. The fourth-order valence-electron chi connectivity index (χ4n) is 1.39. The Morgan fingerprint density at radius 1 is 1.35 bits per heavy atom. The lowest BCUT2D eigenvalue weighted by atomic mass is 10.2. The van der Waals surface area contributed by atoms with Gasteiger partial charge in [0.05, 0.1) is 11.3 Å². The summed E-state index contributed by atoms with van der Waals surface area (Å²) >= 11 is 12.2. The predicted molar refractivity (Wildman–Crippen MR) is 73.8 cm³/mol. The molecule has 2 heterocycles. The van der Waals surface area contributed by atoms with Crippen LogP contribution in [0.3, 0.4) is 0 Å². The van der Waals surface area contributed by atoms with Gasteiger partial charge < -0.3 is 10.4 Å². The second-order valence-corrected chi connectivity index (χ2v) is 5.12. The summed E-state index contributed by atoms with van der Waals surface area (Å²) in [6, 6.07) is 1.24. The minimum absolute atomic E-state index is 0.00140. The van der Waals surface area contributed by atoms with Gasteiger partial charge in [0, 0.05) is 0 Å². The van der Waals surface area contributed by atoms with Crippen LogP contribution in [0.5, 0.6) is 0 Å². The molecule has 1 amide bonds. The van der Waals surface area contributed by atoms with Crippen LogP contribution in [0.1, 0.15) is 26.4 Å². The third-order valence-corrected chi connectivity index (χ3v) is 3.59. The van der Waals surface area contributed by atoms with Gasteiger partial charge >= 0.3 is 5.97 Å². The van der Waals surface area contributed by atoms with Gasteiger partial charge in [-0.15, -0.1) is 10.2 Å². The zero-order chi connectivity index (χ0) is 14.9. The number of carbonyl (C=O) groups is 2. The lowest BCUT2D eigenvalue weighted by molar-refractivity contribution is 0.0697. The number of rotatable bonds is 3. The van der Waals surface area contributed by atoms with E-state index in [9.17, 15) is 9.59 Å². The van der Waals surface area contributed by atoms with Gasteiger partial charge in [-0.05, 0) is 24.5 Å². The molecular formula is C10H6Cl2N4O3S. The van der Waals surface area contributed by atoms with Crippen molar-refractivity contribution in [3.63, 3.8) is 0 Å². The molecule has 0 aliphatic carbocycles. The van der Waals surface area contributed by atoms with Gasteiger partial charge in [0.25, 0.3) is 5.91 Å². The number of anilines is 1. The van der Waals surface area contributed by atoms with Crippen molar-refractivity contribution in [3.05, 3.63) is 33.2 Å². The highest BCUT2D eigenvalue weighted by Gasteiger charge is 2.21. The Hall–Kier alpha value is -1.77. The van der Waals surface area contributed by atoms with Crippen molar-refractivity contribution in [2.24, 2.45) is 0 Å². The van der Waals surface area contributed by atoms with E-state index >= 15 is 0 Å². The molecule has 0 saturated carbocycles. The second-order valence-electron chi connectivity index (χ2n) is 3.60. The van der Waals surface area contributed by atoms with E-state index in [1.54, 1.807) is 0 Å². The van der Waals surface area contributed by atoms with E-state index in [1.807, 2.05) is 0 Å². The average Bonchev–Trinajstić information content (AvgIpc) is 2.73. The molecule has 0 aromatic carbocycles. The van der Waals surface area contributed by atoms with Crippen LogP contribution < -0.4 is 5.32 Å². The van der Waals surface area contributed by atoms with Gasteiger partial charge in [0.1, 0.15) is 10.6 Å². The largest absolute Gasteiger partial charge is 0.478 e. The van der Waals surface area contributed by atoms with Crippen LogP contribution in [-0.4, -0.2) is 31.6 Å². The number of carboxylic acids is 1. The Morgan fingerprint density at radius 3 is 2.70 bits per heavy atom. The maximum absolute atomic E-state index is 12.0. The minimum Gasteiger partial charge on any atom is -0.478 e. The molecule has 0 radical (unpaired) electrons. The molecule has 0 bridgehead atoms. The van der Waals surface area contributed by atoms with E-state index in [4.69, 9.17) is 28.3 Å². The molecule has 0 atom stereocenters. The standard InChI is InChI=1S/C10H6Cl2N4O3S/c1-3-6(10(18)19)9(20-16-3)13-8(17)4-2-5(11)14-15-7(4)12/h2H,1H3,(H,13,17)(H,18,19). The maximum Gasteiger partial charge on any atom is 0.340 e. The van der Waals surface area contributed by atoms with Crippen LogP contribution in [0.2, 0.25) is 10.3 Å². The molecule has 0 fully saturated rings. The first-order chi connectivity index (χ1) is 9.40. The van der Waals surface area contributed by atoms with Crippen LogP contribution in [0.4, 0.5) is 5.00 Å². The number of carboxylic acid groups (broad SMARTS) is 1. The van der Waals surface area contributed by atoms with Crippen molar-refractivity contribution >= 4 is 51.6 Å². The first-order valence-electron chi connectivity index (χ1n) is 5.09. The third kappa shape index (κ3) is 2.87. The van der Waals surface area contributed by atoms with E-state index < -0.39 is 11.9 Å². The van der Waals surface area contributed by atoms with Gasteiger partial charge in [-0.3, -0.25) is 4.79 Å². The number of hydrogen-bond donors (Lipinski definition) is 2. The molecule has 0 spiro atoms. The number of nitrogens with one attached hydrogen (secondary N) is 1. The summed E-state index contributed by atoms with van der Waals surface area (Å²) in [5.41, 5.74) is 0.247. The Labute approximate surface area is 126 Å². The number of aryl methyl sites for hydroxylation is 1. The molecule has 2 aromatic rings. The molecule has 20 heavy (non-hydrogen) atoms. The zero-order valence-corrected chi connectivity index (χ0v) is 12.2. The van der Waals surface area contributed by atoms with E-state index in [0.29, 0.717) is 5.69 Å². The van der Waals surface area contributed by atoms with Gasteiger partial charge in [-0.1, -0.05) is 23.2 Å². The van der Waals surface area contributed by atoms with Crippen molar-refractivity contribution in [2.45, 2.75) is 6.92 Å². The molecule has 2 rings (SSSR count). The maximum atomic E-state index is 12.0. The highest BCUT2D eigenvalue weighted by molar-refractivity contribution is 7.11. The number of halogens is 2. The highest BCUT2D eigenvalue weighted by Crippen LogP contribution is 2.26. The molecule has 2 N–H and O–H groups in total. The summed E-state index contributed by atoms with van der Waals surface area (Å²) in [6.45, 7) is 1.54. The third-order valence-electron chi connectivity index (χ3n) is 2.27. The summed E-state index contributed by atoms with van der Waals surface area (Å²) in [4.78, 5) is 23.1. The summed E-state index contributed by atoms with van der Waals surface area (Å²) in [5, 5.41) is 18.4. The quantitative estimate of drug-likeness (QED) is 0.894. The average molecular weight is 333 g/mol. The van der Waals surface area contributed by atoms with E-state index in [2.05, 4.69) is 19.9 Å². The number of amides is 1. The molecule has 0 saturated heterocycles. The van der Waals surface area contributed by atoms with Crippen molar-refractivity contribution in [1.29, 1.82) is 0 Å². The minimum atomic E-state index is -1.18. The smallest absolute Gasteiger partial charge is 0.340 e. The van der Waals surface area contributed by atoms with Crippen LogP contribution >= 0.6 is 34.7 Å². The van der Waals surface area contributed by atoms with Crippen LogP contribution in [0.15, 0.2) is 6.07 Å². The van der Waals surface area contributed by atoms with Gasteiger partial charge in [-0.25, -0.2) is 4.79 Å². The van der Waals surface area contributed by atoms with Crippen molar-refractivity contribution in [1.82, 2.24) is 14.6 Å².